The van der Waals surface area contributed by atoms with Crippen molar-refractivity contribution in [2.24, 2.45) is 0 Å². The van der Waals surface area contributed by atoms with Gasteiger partial charge in [0, 0.05) is 17.1 Å². The van der Waals surface area contributed by atoms with Crippen LogP contribution in [0.4, 0.5) is 11.4 Å². The molecule has 8 heteroatoms. The topological polar surface area (TPSA) is 107 Å². The van der Waals surface area contributed by atoms with Crippen LogP contribution < -0.4 is 16.0 Å². The molecular weight excluding hydrogens is 496 g/mol. The summed E-state index contributed by atoms with van der Waals surface area (Å²) in [6.07, 6.45) is 1.52. The zero-order valence-electron chi connectivity index (χ0n) is 22.1. The lowest BCUT2D eigenvalue weighted by atomic mass is 9.85. The summed E-state index contributed by atoms with van der Waals surface area (Å²) in [6, 6.07) is 17.3. The summed E-state index contributed by atoms with van der Waals surface area (Å²) in [5.74, 6) is -0.669. The minimum Gasteiger partial charge on any atom is -0.468 e. The highest BCUT2D eigenvalue weighted by Gasteiger charge is 2.36. The lowest BCUT2D eigenvalue weighted by molar-refractivity contribution is -0.114. The number of benzene rings is 2. The molecule has 3 N–H and O–H groups in total. The van der Waals surface area contributed by atoms with Gasteiger partial charge >= 0.3 is 0 Å². The number of anilines is 2. The Morgan fingerprint density at radius 1 is 0.974 bits per heavy atom. The molecule has 0 radical (unpaired) electrons. The van der Waals surface area contributed by atoms with Crippen molar-refractivity contribution in [2.45, 2.75) is 40.5 Å². The summed E-state index contributed by atoms with van der Waals surface area (Å²) in [5, 5.41) is 19.9. The van der Waals surface area contributed by atoms with Crippen LogP contribution in [0.25, 0.3) is 0 Å². The van der Waals surface area contributed by atoms with Crippen LogP contribution in [-0.4, -0.2) is 17.6 Å². The summed E-state index contributed by atoms with van der Waals surface area (Å²) in [6.45, 7) is 9.67. The van der Waals surface area contributed by atoms with Crippen LogP contribution in [-0.2, 0) is 9.59 Å². The summed E-state index contributed by atoms with van der Waals surface area (Å²) in [7, 11) is 0. The number of para-hydroxylation sites is 1. The molecule has 1 atom stereocenters. The molecule has 2 aromatic carbocycles. The predicted molar refractivity (Wildman–Crippen MR) is 151 cm³/mol. The number of rotatable bonds is 7. The van der Waals surface area contributed by atoms with Gasteiger partial charge in [0.1, 0.15) is 5.76 Å². The Bertz CT molecular complexity index is 1480. The Morgan fingerprint density at radius 2 is 1.71 bits per heavy atom. The normalized spacial score (nSPS) is 15.1. The zero-order chi connectivity index (χ0) is 27.4. The molecular formula is C30H30N4O3S. The molecule has 194 valence electrons. The number of nitriles is 1. The Labute approximate surface area is 227 Å². The SMILES string of the molecule is CC1=C(C(=O)Nc2c(C)cccc2C)[C@@H](c2ccco2)C(C#N)=C(SCC(=O)Nc2ccc(C)c(C)c2)N1. The second-order valence-electron chi connectivity index (χ2n) is 9.32. The Balaban J connectivity index is 1.59. The lowest BCUT2D eigenvalue weighted by Gasteiger charge is -2.28. The molecule has 7 nitrogen and oxygen atoms in total. The number of aryl methyl sites for hydroxylation is 4. The largest absolute Gasteiger partial charge is 0.468 e. The van der Waals surface area contributed by atoms with Crippen molar-refractivity contribution >= 4 is 35.0 Å². The Morgan fingerprint density at radius 3 is 2.34 bits per heavy atom. The summed E-state index contributed by atoms with van der Waals surface area (Å²) in [5.41, 5.74) is 6.88. The van der Waals surface area contributed by atoms with Gasteiger partial charge in [0.15, 0.2) is 0 Å². The number of thioether (sulfide) groups is 1. The molecule has 1 aliphatic heterocycles. The molecule has 2 heterocycles. The standard InChI is InChI=1S/C30H30N4O3S/c1-17-11-12-22(14-20(17)4)33-25(35)16-38-30-23(15-31)27(24-10-7-13-37-24)26(21(5)32-30)29(36)34-28-18(2)8-6-9-19(28)3/h6-14,27,32H,16H2,1-5H3,(H,33,35)(H,34,36)/t27-/m1/s1. The van der Waals surface area contributed by atoms with Crippen molar-refractivity contribution in [3.05, 3.63) is 105 Å². The smallest absolute Gasteiger partial charge is 0.254 e. The molecule has 1 aromatic heterocycles. The van der Waals surface area contributed by atoms with Gasteiger partial charge in [-0.25, -0.2) is 0 Å². The predicted octanol–water partition coefficient (Wildman–Crippen LogP) is 6.22. The van der Waals surface area contributed by atoms with Gasteiger partial charge in [-0.1, -0.05) is 36.0 Å². The third-order valence-electron chi connectivity index (χ3n) is 6.58. The first-order valence-electron chi connectivity index (χ1n) is 12.2. The minimum atomic E-state index is -0.717. The second kappa shape index (κ2) is 11.4. The van der Waals surface area contributed by atoms with Gasteiger partial charge in [-0.05, 0) is 81.1 Å². The highest BCUT2D eigenvalue weighted by molar-refractivity contribution is 8.03. The van der Waals surface area contributed by atoms with Crippen LogP contribution in [0.3, 0.4) is 0 Å². The van der Waals surface area contributed by atoms with Gasteiger partial charge in [-0.15, -0.1) is 0 Å². The van der Waals surface area contributed by atoms with Crippen molar-refractivity contribution in [1.82, 2.24) is 5.32 Å². The number of nitrogens with zero attached hydrogens (tertiary/aromatic N) is 1. The molecule has 1 aliphatic rings. The molecule has 3 aromatic rings. The molecule has 0 spiro atoms. The van der Waals surface area contributed by atoms with E-state index in [1.807, 2.05) is 64.1 Å². The van der Waals surface area contributed by atoms with Crippen LogP contribution >= 0.6 is 11.8 Å². The summed E-state index contributed by atoms with van der Waals surface area (Å²) < 4.78 is 5.69. The van der Waals surface area contributed by atoms with Crippen molar-refractivity contribution in [3.63, 3.8) is 0 Å². The van der Waals surface area contributed by atoms with Crippen LogP contribution in [0, 0.1) is 39.0 Å². The maximum absolute atomic E-state index is 13.6. The van der Waals surface area contributed by atoms with Gasteiger partial charge in [0.05, 0.1) is 40.2 Å². The number of hydrogen-bond donors (Lipinski definition) is 3. The highest BCUT2D eigenvalue weighted by atomic mass is 32.2. The molecule has 0 unspecified atom stereocenters. The van der Waals surface area contributed by atoms with Gasteiger partial charge < -0.3 is 20.4 Å². The van der Waals surface area contributed by atoms with Crippen LogP contribution in [0.1, 0.15) is 40.9 Å². The lowest BCUT2D eigenvalue weighted by Crippen LogP contribution is -2.31. The van der Waals surface area contributed by atoms with Gasteiger partial charge in [-0.2, -0.15) is 5.26 Å². The number of furan rings is 1. The van der Waals surface area contributed by atoms with E-state index in [1.165, 1.54) is 18.0 Å². The van der Waals surface area contributed by atoms with E-state index in [9.17, 15) is 14.9 Å². The first kappa shape index (κ1) is 26.8. The average molecular weight is 527 g/mol. The molecule has 4 rings (SSSR count). The van der Waals surface area contributed by atoms with E-state index in [4.69, 9.17) is 4.42 Å². The maximum atomic E-state index is 13.6. The van der Waals surface area contributed by atoms with Gasteiger partial charge in [-0.3, -0.25) is 9.59 Å². The third-order valence-corrected chi connectivity index (χ3v) is 7.59. The Hall–Kier alpha value is -4.22. The van der Waals surface area contributed by atoms with E-state index >= 15 is 0 Å². The molecule has 0 saturated heterocycles. The monoisotopic (exact) mass is 526 g/mol. The number of amides is 2. The fraction of sp³-hybridized carbons (Fsp3) is 0.233. The summed E-state index contributed by atoms with van der Waals surface area (Å²) >= 11 is 1.22. The minimum absolute atomic E-state index is 0.0858. The van der Waals surface area contributed by atoms with E-state index in [0.29, 0.717) is 27.6 Å². The average Bonchev–Trinajstić information content (AvgIpc) is 3.41. The fourth-order valence-corrected chi connectivity index (χ4v) is 5.31. The van der Waals surface area contributed by atoms with Crippen LogP contribution in [0.2, 0.25) is 0 Å². The van der Waals surface area contributed by atoms with Gasteiger partial charge in [0.25, 0.3) is 5.91 Å². The number of hydrogen-bond acceptors (Lipinski definition) is 6. The number of carbonyl (C=O) groups excluding carboxylic acids is 2. The van der Waals surface area contributed by atoms with E-state index in [1.54, 1.807) is 19.1 Å². The third kappa shape index (κ3) is 5.68. The van der Waals surface area contributed by atoms with Crippen molar-refractivity contribution < 1.29 is 14.0 Å². The van der Waals surface area contributed by atoms with Crippen molar-refractivity contribution in [1.29, 1.82) is 5.26 Å². The first-order valence-corrected chi connectivity index (χ1v) is 13.2. The molecule has 38 heavy (non-hydrogen) atoms. The van der Waals surface area contributed by atoms with Gasteiger partial charge in [0.2, 0.25) is 5.91 Å². The number of carbonyl (C=O) groups is 2. The Kier molecular flexibility index (Phi) is 8.08. The fourth-order valence-electron chi connectivity index (χ4n) is 4.41. The van der Waals surface area contributed by atoms with E-state index in [0.717, 1.165) is 33.6 Å². The van der Waals surface area contributed by atoms with E-state index in [2.05, 4.69) is 22.0 Å². The number of dihydropyridines is 1. The molecule has 0 aliphatic carbocycles. The quantitative estimate of drug-likeness (QED) is 0.337. The van der Waals surface area contributed by atoms with Crippen LogP contribution in [0.15, 0.2) is 81.1 Å². The number of allylic oxidation sites excluding steroid dienone is 2. The maximum Gasteiger partial charge on any atom is 0.254 e. The van der Waals surface area contributed by atoms with E-state index in [-0.39, 0.29) is 17.6 Å². The summed E-state index contributed by atoms with van der Waals surface area (Å²) in [4.78, 5) is 26.3. The first-order chi connectivity index (χ1) is 18.2. The molecule has 2 amide bonds. The number of nitrogens with one attached hydrogen (secondary N) is 3. The van der Waals surface area contributed by atoms with Crippen LogP contribution in [0.5, 0.6) is 0 Å². The second-order valence-corrected chi connectivity index (χ2v) is 10.3. The van der Waals surface area contributed by atoms with Crippen molar-refractivity contribution in [3.8, 4) is 6.07 Å². The van der Waals surface area contributed by atoms with Crippen molar-refractivity contribution in [2.75, 3.05) is 16.4 Å². The molecule has 0 saturated carbocycles. The molecule has 0 fully saturated rings. The molecule has 0 bridgehead atoms. The highest BCUT2D eigenvalue weighted by Crippen LogP contribution is 2.41. The zero-order valence-corrected chi connectivity index (χ0v) is 22.9. The van der Waals surface area contributed by atoms with E-state index < -0.39 is 5.92 Å².